The van der Waals surface area contributed by atoms with Crippen molar-refractivity contribution < 1.29 is 9.59 Å². The van der Waals surface area contributed by atoms with Crippen molar-refractivity contribution in [2.75, 3.05) is 30.7 Å². The van der Waals surface area contributed by atoms with E-state index in [1.165, 1.54) is 0 Å². The van der Waals surface area contributed by atoms with Gasteiger partial charge in [-0.3, -0.25) is 4.79 Å². The van der Waals surface area contributed by atoms with Gasteiger partial charge in [-0.05, 0) is 55.3 Å². The number of urea groups is 1. The zero-order valence-electron chi connectivity index (χ0n) is 16.3. The number of nitrogens with one attached hydrogen (secondary N) is 1. The molecule has 2 aliphatic rings. The van der Waals surface area contributed by atoms with Crippen molar-refractivity contribution in [3.05, 3.63) is 64.1 Å². The van der Waals surface area contributed by atoms with Gasteiger partial charge in [-0.15, -0.1) is 11.8 Å². The van der Waals surface area contributed by atoms with Crippen molar-refractivity contribution in [1.29, 1.82) is 5.26 Å². The number of benzene rings is 2. The zero-order chi connectivity index (χ0) is 21.1. The predicted molar refractivity (Wildman–Crippen MR) is 121 cm³/mol. The van der Waals surface area contributed by atoms with Crippen LogP contribution >= 0.6 is 27.7 Å². The van der Waals surface area contributed by atoms with Crippen LogP contribution in [0.3, 0.4) is 0 Å². The van der Waals surface area contributed by atoms with Gasteiger partial charge in [-0.1, -0.05) is 22.0 Å². The minimum Gasteiger partial charge on any atom is -0.324 e. The summed E-state index contributed by atoms with van der Waals surface area (Å²) in [7, 11) is 0. The molecule has 0 unspecified atom stereocenters. The number of hydrogen-bond acceptors (Lipinski definition) is 4. The van der Waals surface area contributed by atoms with E-state index in [-0.39, 0.29) is 16.8 Å². The molecule has 154 valence electrons. The van der Waals surface area contributed by atoms with Crippen molar-refractivity contribution in [3.63, 3.8) is 0 Å². The molecular weight excluding hydrogens is 464 g/mol. The fourth-order valence-electron chi connectivity index (χ4n) is 3.99. The van der Waals surface area contributed by atoms with Gasteiger partial charge in [0.15, 0.2) is 0 Å². The van der Waals surface area contributed by atoms with Gasteiger partial charge in [0.2, 0.25) is 0 Å². The summed E-state index contributed by atoms with van der Waals surface area (Å²) in [6.45, 7) is 1.90. The number of nitrogens with zero attached hydrogens (tertiary/aromatic N) is 3. The number of rotatable bonds is 2. The molecular formula is C22H21BrN4O2S. The molecule has 0 atom stereocenters. The maximum absolute atomic E-state index is 13.1. The van der Waals surface area contributed by atoms with E-state index in [2.05, 4.69) is 27.3 Å². The molecule has 0 radical (unpaired) electrons. The van der Waals surface area contributed by atoms with E-state index in [0.717, 1.165) is 29.6 Å². The fourth-order valence-corrected chi connectivity index (χ4v) is 5.71. The molecule has 1 N–H and O–H groups in total. The van der Waals surface area contributed by atoms with E-state index in [1.54, 1.807) is 29.2 Å². The summed E-state index contributed by atoms with van der Waals surface area (Å²) in [4.78, 5) is 29.3. The summed E-state index contributed by atoms with van der Waals surface area (Å²) in [5.74, 6) is 0.966. The van der Waals surface area contributed by atoms with E-state index in [9.17, 15) is 9.59 Å². The van der Waals surface area contributed by atoms with Crippen molar-refractivity contribution in [1.82, 2.24) is 9.80 Å². The smallest absolute Gasteiger partial charge is 0.321 e. The lowest BCUT2D eigenvalue weighted by Gasteiger charge is -2.44. The second kappa shape index (κ2) is 8.70. The number of anilines is 1. The quantitative estimate of drug-likeness (QED) is 0.678. The Balaban J connectivity index is 1.41. The van der Waals surface area contributed by atoms with Gasteiger partial charge in [0.05, 0.1) is 16.5 Å². The van der Waals surface area contributed by atoms with Gasteiger partial charge in [-0.25, -0.2) is 4.79 Å². The second-order valence-corrected chi connectivity index (χ2v) is 9.74. The Bertz CT molecular complexity index is 997. The Hall–Kier alpha value is -2.50. The number of hydrogen-bond donors (Lipinski definition) is 1. The van der Waals surface area contributed by atoms with Crippen LogP contribution in [0.1, 0.15) is 28.8 Å². The number of thioether (sulfide) groups is 1. The standard InChI is InChI=1S/C22H21BrN4O2S/c23-18-6-4-17(5-7-18)20(28)27-12-13-30-22(27)8-10-26(11-9-22)21(29)25-19-3-1-2-16(14-19)15-24/h1-7,14H,8-13H2,(H,25,29). The third-order valence-electron chi connectivity index (χ3n) is 5.59. The van der Waals surface area contributed by atoms with Gasteiger partial charge < -0.3 is 15.1 Å². The molecule has 2 aliphatic heterocycles. The van der Waals surface area contributed by atoms with Crippen LogP contribution in [-0.2, 0) is 0 Å². The molecule has 0 saturated carbocycles. The second-order valence-electron chi connectivity index (χ2n) is 7.37. The highest BCUT2D eigenvalue weighted by Crippen LogP contribution is 2.44. The van der Waals surface area contributed by atoms with Crippen LogP contribution in [0.2, 0.25) is 0 Å². The van der Waals surface area contributed by atoms with Gasteiger partial charge in [-0.2, -0.15) is 5.26 Å². The van der Waals surface area contributed by atoms with E-state index in [4.69, 9.17) is 5.26 Å². The Labute approximate surface area is 188 Å². The van der Waals surface area contributed by atoms with Crippen LogP contribution in [0.4, 0.5) is 10.5 Å². The number of carbonyl (C=O) groups excluding carboxylic acids is 2. The summed E-state index contributed by atoms with van der Waals surface area (Å²) in [6, 6.07) is 16.3. The number of carbonyl (C=O) groups is 2. The molecule has 2 aromatic rings. The zero-order valence-corrected chi connectivity index (χ0v) is 18.7. The lowest BCUT2D eigenvalue weighted by Crippen LogP contribution is -2.54. The highest BCUT2D eigenvalue weighted by atomic mass is 79.9. The maximum Gasteiger partial charge on any atom is 0.321 e. The van der Waals surface area contributed by atoms with E-state index < -0.39 is 0 Å². The summed E-state index contributed by atoms with van der Waals surface area (Å²) in [5, 5.41) is 11.9. The highest BCUT2D eigenvalue weighted by molar-refractivity contribution is 9.10. The number of amides is 3. The predicted octanol–water partition coefficient (Wildman–Crippen LogP) is 4.53. The third kappa shape index (κ3) is 4.18. The first-order valence-electron chi connectivity index (χ1n) is 9.78. The number of halogens is 1. The summed E-state index contributed by atoms with van der Waals surface area (Å²) in [6.07, 6.45) is 1.48. The lowest BCUT2D eigenvalue weighted by atomic mass is 10.0. The fraction of sp³-hybridized carbons (Fsp3) is 0.318. The molecule has 2 aromatic carbocycles. The van der Waals surface area contributed by atoms with E-state index in [1.807, 2.05) is 40.9 Å². The summed E-state index contributed by atoms with van der Waals surface area (Å²) >= 11 is 5.24. The van der Waals surface area contributed by atoms with Crippen LogP contribution in [0.15, 0.2) is 53.0 Å². The van der Waals surface area contributed by atoms with Crippen LogP contribution in [-0.4, -0.2) is 52.0 Å². The van der Waals surface area contributed by atoms with Crippen LogP contribution in [0.5, 0.6) is 0 Å². The Morgan fingerprint density at radius 3 is 2.53 bits per heavy atom. The SMILES string of the molecule is N#Cc1cccc(NC(=O)N2CCC3(CC2)SCCN3C(=O)c2ccc(Br)cc2)c1. The molecule has 6 nitrogen and oxygen atoms in total. The number of nitriles is 1. The molecule has 30 heavy (non-hydrogen) atoms. The molecule has 3 amide bonds. The van der Waals surface area contributed by atoms with Gasteiger partial charge in [0.25, 0.3) is 5.91 Å². The molecule has 8 heteroatoms. The summed E-state index contributed by atoms with van der Waals surface area (Å²) < 4.78 is 0.948. The largest absolute Gasteiger partial charge is 0.324 e. The van der Waals surface area contributed by atoms with Crippen molar-refractivity contribution >= 4 is 45.3 Å². The first-order valence-corrected chi connectivity index (χ1v) is 11.6. The Morgan fingerprint density at radius 2 is 1.83 bits per heavy atom. The molecule has 0 aliphatic carbocycles. The molecule has 0 bridgehead atoms. The average Bonchev–Trinajstić information content (AvgIpc) is 3.17. The first kappa shape index (κ1) is 20.8. The van der Waals surface area contributed by atoms with Crippen LogP contribution in [0.25, 0.3) is 0 Å². The van der Waals surface area contributed by atoms with E-state index >= 15 is 0 Å². The third-order valence-corrected chi connectivity index (χ3v) is 7.67. The minimum atomic E-state index is -0.248. The topological polar surface area (TPSA) is 76.4 Å². The normalized spacial score (nSPS) is 17.6. The van der Waals surface area contributed by atoms with Crippen molar-refractivity contribution in [3.8, 4) is 6.07 Å². The Kier molecular flexibility index (Phi) is 6.02. The van der Waals surface area contributed by atoms with Gasteiger partial charge >= 0.3 is 6.03 Å². The van der Waals surface area contributed by atoms with Gasteiger partial charge in [0.1, 0.15) is 0 Å². The lowest BCUT2D eigenvalue weighted by molar-refractivity contribution is 0.0585. The molecule has 4 rings (SSSR count). The molecule has 1 spiro atoms. The van der Waals surface area contributed by atoms with Crippen LogP contribution < -0.4 is 5.32 Å². The minimum absolute atomic E-state index is 0.0544. The number of piperidine rings is 1. The summed E-state index contributed by atoms with van der Waals surface area (Å²) in [5.41, 5.74) is 1.81. The first-order chi connectivity index (χ1) is 14.5. The average molecular weight is 485 g/mol. The van der Waals surface area contributed by atoms with Crippen molar-refractivity contribution in [2.24, 2.45) is 0 Å². The Morgan fingerprint density at radius 1 is 1.10 bits per heavy atom. The van der Waals surface area contributed by atoms with E-state index in [0.29, 0.717) is 29.9 Å². The molecule has 2 saturated heterocycles. The molecule has 2 fully saturated rings. The maximum atomic E-state index is 13.1. The number of likely N-dealkylation sites (tertiary alicyclic amines) is 1. The highest BCUT2D eigenvalue weighted by Gasteiger charge is 2.47. The molecule has 2 heterocycles. The van der Waals surface area contributed by atoms with Crippen molar-refractivity contribution in [2.45, 2.75) is 17.7 Å². The van der Waals surface area contributed by atoms with Gasteiger partial charge in [0, 0.05) is 41.1 Å². The monoisotopic (exact) mass is 484 g/mol. The van der Waals surface area contributed by atoms with Crippen LogP contribution in [0, 0.1) is 11.3 Å². The molecule has 0 aromatic heterocycles.